The number of thiazole rings is 1. The highest BCUT2D eigenvalue weighted by Crippen LogP contribution is 2.37. The van der Waals surface area contributed by atoms with Crippen LogP contribution in [0.3, 0.4) is 0 Å². The van der Waals surface area contributed by atoms with Crippen molar-refractivity contribution in [1.29, 1.82) is 0 Å². The van der Waals surface area contributed by atoms with Crippen LogP contribution in [-0.2, 0) is 4.79 Å². The summed E-state index contributed by atoms with van der Waals surface area (Å²) in [6.07, 6.45) is 1.88. The van der Waals surface area contributed by atoms with Crippen LogP contribution in [0, 0.1) is 6.92 Å². The summed E-state index contributed by atoms with van der Waals surface area (Å²) in [6, 6.07) is 15.2. The van der Waals surface area contributed by atoms with Crippen molar-refractivity contribution in [3.8, 4) is 11.5 Å². The van der Waals surface area contributed by atoms with E-state index < -0.39 is 0 Å². The van der Waals surface area contributed by atoms with E-state index in [0.717, 1.165) is 16.9 Å². The van der Waals surface area contributed by atoms with Gasteiger partial charge in [0.05, 0.1) is 23.6 Å². The summed E-state index contributed by atoms with van der Waals surface area (Å²) in [6.45, 7) is 4.59. The number of rotatable bonds is 5. The lowest BCUT2D eigenvalue weighted by molar-refractivity contribution is -0.114. The molecular formula is C22H20N2O3S. The van der Waals surface area contributed by atoms with Crippen LogP contribution in [-0.4, -0.2) is 24.1 Å². The smallest absolute Gasteiger partial charge is 0.264 e. The normalized spacial score (nSPS) is 12.6. The maximum atomic E-state index is 13.4. The lowest BCUT2D eigenvalue weighted by Crippen LogP contribution is -2.30. The first-order valence-electron chi connectivity index (χ1n) is 9.08. The van der Waals surface area contributed by atoms with Crippen LogP contribution in [0.4, 0.5) is 10.8 Å². The molecule has 0 aliphatic carbocycles. The predicted molar refractivity (Wildman–Crippen MR) is 112 cm³/mol. The zero-order valence-electron chi connectivity index (χ0n) is 15.7. The number of carbonyl (C=O) groups excluding carboxylic acids is 1. The Kier molecular flexibility index (Phi) is 5.12. The summed E-state index contributed by atoms with van der Waals surface area (Å²) in [5.41, 5.74) is 3.06. The summed E-state index contributed by atoms with van der Waals surface area (Å²) in [5.74, 6) is 1.23. The SMILES string of the molecule is CCOc1cccc2c1OCC(C(=O)N(c1ccccc1)c1nc(C)cs1)=C2. The third-order valence-corrected chi connectivity index (χ3v) is 5.24. The first-order valence-corrected chi connectivity index (χ1v) is 9.96. The summed E-state index contributed by atoms with van der Waals surface area (Å²) >= 11 is 1.45. The Bertz CT molecular complexity index is 1030. The number of para-hydroxylation sites is 2. The number of ether oxygens (including phenoxy) is 2. The van der Waals surface area contributed by atoms with Crippen molar-refractivity contribution in [2.45, 2.75) is 13.8 Å². The molecular weight excluding hydrogens is 372 g/mol. The number of hydrogen-bond donors (Lipinski definition) is 0. The predicted octanol–water partition coefficient (Wildman–Crippen LogP) is 4.99. The lowest BCUT2D eigenvalue weighted by Gasteiger charge is -2.25. The van der Waals surface area contributed by atoms with Gasteiger partial charge in [-0.2, -0.15) is 0 Å². The van der Waals surface area contributed by atoms with E-state index >= 15 is 0 Å². The number of nitrogens with zero attached hydrogens (tertiary/aromatic N) is 2. The van der Waals surface area contributed by atoms with Gasteiger partial charge >= 0.3 is 0 Å². The van der Waals surface area contributed by atoms with E-state index in [-0.39, 0.29) is 12.5 Å². The maximum absolute atomic E-state index is 13.4. The Balaban J connectivity index is 1.73. The minimum absolute atomic E-state index is 0.145. The number of aryl methyl sites for hydroxylation is 1. The fourth-order valence-electron chi connectivity index (χ4n) is 3.05. The molecule has 0 N–H and O–H groups in total. The molecule has 1 aromatic heterocycles. The van der Waals surface area contributed by atoms with Gasteiger partial charge in [0.2, 0.25) is 0 Å². The second kappa shape index (κ2) is 7.86. The molecule has 0 bridgehead atoms. The molecule has 0 fully saturated rings. The third kappa shape index (κ3) is 3.51. The minimum Gasteiger partial charge on any atom is -0.490 e. The van der Waals surface area contributed by atoms with E-state index in [2.05, 4.69) is 4.98 Å². The monoisotopic (exact) mass is 392 g/mol. The van der Waals surface area contributed by atoms with E-state index in [1.54, 1.807) is 4.90 Å². The molecule has 6 heteroatoms. The van der Waals surface area contributed by atoms with Gasteiger partial charge in [0.25, 0.3) is 5.91 Å². The molecule has 0 saturated heterocycles. The molecule has 1 aliphatic heterocycles. The minimum atomic E-state index is -0.145. The Morgan fingerprint density at radius 2 is 2.04 bits per heavy atom. The van der Waals surface area contributed by atoms with Crippen LogP contribution >= 0.6 is 11.3 Å². The van der Waals surface area contributed by atoms with Crippen molar-refractivity contribution < 1.29 is 14.3 Å². The van der Waals surface area contributed by atoms with E-state index in [0.29, 0.717) is 28.8 Å². The lowest BCUT2D eigenvalue weighted by atomic mass is 10.1. The number of benzene rings is 2. The number of hydrogen-bond acceptors (Lipinski definition) is 5. The number of amides is 1. The molecule has 3 aromatic rings. The van der Waals surface area contributed by atoms with Gasteiger partial charge in [-0.3, -0.25) is 9.69 Å². The molecule has 1 aliphatic rings. The third-order valence-electron chi connectivity index (χ3n) is 4.30. The van der Waals surface area contributed by atoms with Gasteiger partial charge in [0, 0.05) is 10.9 Å². The van der Waals surface area contributed by atoms with Gasteiger partial charge in [-0.25, -0.2) is 4.98 Å². The van der Waals surface area contributed by atoms with Gasteiger partial charge in [-0.1, -0.05) is 30.3 Å². The van der Waals surface area contributed by atoms with E-state index in [4.69, 9.17) is 9.47 Å². The van der Waals surface area contributed by atoms with E-state index in [1.807, 2.05) is 73.8 Å². The highest BCUT2D eigenvalue weighted by molar-refractivity contribution is 7.14. The maximum Gasteiger partial charge on any atom is 0.264 e. The van der Waals surface area contributed by atoms with Crippen molar-refractivity contribution in [2.24, 2.45) is 0 Å². The van der Waals surface area contributed by atoms with Gasteiger partial charge in [-0.15, -0.1) is 11.3 Å². The molecule has 0 saturated carbocycles. The summed E-state index contributed by atoms with van der Waals surface area (Å²) in [7, 11) is 0. The molecule has 0 unspecified atom stereocenters. The summed E-state index contributed by atoms with van der Waals surface area (Å²) in [5, 5.41) is 2.58. The van der Waals surface area contributed by atoms with Gasteiger partial charge < -0.3 is 9.47 Å². The van der Waals surface area contributed by atoms with Crippen molar-refractivity contribution in [2.75, 3.05) is 18.1 Å². The van der Waals surface area contributed by atoms with Crippen molar-refractivity contribution in [1.82, 2.24) is 4.98 Å². The topological polar surface area (TPSA) is 51.7 Å². The molecule has 5 nitrogen and oxygen atoms in total. The molecule has 28 heavy (non-hydrogen) atoms. The number of anilines is 2. The molecule has 2 heterocycles. The first kappa shape index (κ1) is 18.3. The fraction of sp³-hybridized carbons (Fsp3) is 0.182. The van der Waals surface area contributed by atoms with E-state index in [1.165, 1.54) is 11.3 Å². The Labute approximate surface area is 167 Å². The number of fused-ring (bicyclic) bond motifs is 1. The fourth-order valence-corrected chi connectivity index (χ4v) is 3.87. The Hall–Kier alpha value is -3.12. The van der Waals surface area contributed by atoms with E-state index in [9.17, 15) is 4.79 Å². The van der Waals surface area contributed by atoms with Gasteiger partial charge in [0.15, 0.2) is 16.6 Å². The Morgan fingerprint density at radius 3 is 2.75 bits per heavy atom. The number of carbonyl (C=O) groups is 1. The quantitative estimate of drug-likeness (QED) is 0.614. The zero-order chi connectivity index (χ0) is 19.5. The average Bonchev–Trinajstić information content (AvgIpc) is 3.15. The molecule has 0 spiro atoms. The first-order chi connectivity index (χ1) is 13.7. The molecule has 0 atom stereocenters. The van der Waals surface area contributed by atoms with Crippen molar-refractivity contribution in [3.05, 3.63) is 70.7 Å². The average molecular weight is 392 g/mol. The van der Waals surface area contributed by atoms with Crippen LogP contribution < -0.4 is 14.4 Å². The van der Waals surface area contributed by atoms with Crippen LogP contribution in [0.1, 0.15) is 18.2 Å². The van der Waals surface area contributed by atoms with Crippen LogP contribution in [0.15, 0.2) is 59.5 Å². The second-order valence-electron chi connectivity index (χ2n) is 6.31. The van der Waals surface area contributed by atoms with Crippen LogP contribution in [0.5, 0.6) is 11.5 Å². The largest absolute Gasteiger partial charge is 0.490 e. The highest BCUT2D eigenvalue weighted by Gasteiger charge is 2.27. The molecule has 142 valence electrons. The standard InChI is InChI=1S/C22H20N2O3S/c1-3-26-19-11-7-8-16-12-17(13-27-20(16)19)21(25)24(18-9-5-4-6-10-18)22-23-15(2)14-28-22/h4-12,14H,3,13H2,1-2H3. The van der Waals surface area contributed by atoms with Gasteiger partial charge in [-0.05, 0) is 38.1 Å². The molecule has 0 radical (unpaired) electrons. The van der Waals surface area contributed by atoms with Crippen molar-refractivity contribution >= 4 is 34.1 Å². The number of aromatic nitrogens is 1. The second-order valence-corrected chi connectivity index (χ2v) is 7.15. The van der Waals surface area contributed by atoms with Crippen LogP contribution in [0.2, 0.25) is 0 Å². The molecule has 1 amide bonds. The summed E-state index contributed by atoms with van der Waals surface area (Å²) in [4.78, 5) is 19.6. The molecule has 4 rings (SSSR count). The Morgan fingerprint density at radius 1 is 1.21 bits per heavy atom. The molecule has 2 aromatic carbocycles. The van der Waals surface area contributed by atoms with Gasteiger partial charge in [0.1, 0.15) is 6.61 Å². The van der Waals surface area contributed by atoms with Crippen LogP contribution in [0.25, 0.3) is 6.08 Å². The highest BCUT2D eigenvalue weighted by atomic mass is 32.1. The van der Waals surface area contributed by atoms with Crippen molar-refractivity contribution in [3.63, 3.8) is 0 Å². The summed E-state index contributed by atoms with van der Waals surface area (Å²) < 4.78 is 11.5. The zero-order valence-corrected chi connectivity index (χ0v) is 16.5.